The van der Waals surface area contributed by atoms with Gasteiger partial charge in [0.25, 0.3) is 0 Å². The molecule has 2 saturated heterocycles. The topological polar surface area (TPSA) is 53.6 Å². The van der Waals surface area contributed by atoms with Crippen molar-refractivity contribution >= 4 is 29.9 Å². The van der Waals surface area contributed by atoms with Crippen LogP contribution in [-0.2, 0) is 14.9 Å². The Bertz CT molecular complexity index is 574. The van der Waals surface area contributed by atoms with Gasteiger partial charge in [-0.05, 0) is 43.5 Å². The van der Waals surface area contributed by atoms with Gasteiger partial charge >= 0.3 is 0 Å². The van der Waals surface area contributed by atoms with Crippen molar-refractivity contribution in [3.63, 3.8) is 0 Å². The van der Waals surface area contributed by atoms with Crippen molar-refractivity contribution in [1.29, 1.82) is 0 Å². The summed E-state index contributed by atoms with van der Waals surface area (Å²) >= 11 is 6.17. The van der Waals surface area contributed by atoms with Crippen molar-refractivity contribution in [3.05, 3.63) is 34.9 Å². The fraction of sp³-hybridized carbons (Fsp3) is 0.632. The molecule has 3 rings (SSSR count). The van der Waals surface area contributed by atoms with Gasteiger partial charge in [-0.2, -0.15) is 0 Å². The maximum absolute atomic E-state index is 13.0. The Morgan fingerprint density at radius 1 is 1.27 bits per heavy atom. The highest BCUT2D eigenvalue weighted by molar-refractivity contribution is 6.30. The molecule has 2 heterocycles. The molecule has 5 nitrogen and oxygen atoms in total. The van der Waals surface area contributed by atoms with E-state index in [-0.39, 0.29) is 18.3 Å². The van der Waals surface area contributed by atoms with Crippen LogP contribution in [-0.4, -0.2) is 63.3 Å². The SMILES string of the molecule is Cl.O=C(NCCCN1CCNCC1)C1(c2cccc(Cl)c2)CCOCC1. The summed E-state index contributed by atoms with van der Waals surface area (Å²) in [5, 5.41) is 7.21. The molecule has 2 aliphatic rings. The Morgan fingerprint density at radius 2 is 2.00 bits per heavy atom. The third-order valence-corrected chi connectivity index (χ3v) is 5.54. The predicted molar refractivity (Wildman–Crippen MR) is 107 cm³/mol. The first kappa shape index (κ1) is 21.5. The maximum atomic E-state index is 13.0. The molecule has 2 N–H and O–H groups in total. The summed E-state index contributed by atoms with van der Waals surface area (Å²) in [4.78, 5) is 15.5. The number of ether oxygens (including phenoxy) is 1. The van der Waals surface area contributed by atoms with Gasteiger partial charge in [0.05, 0.1) is 5.41 Å². The predicted octanol–water partition coefficient (Wildman–Crippen LogP) is 2.22. The molecule has 0 unspecified atom stereocenters. The highest BCUT2D eigenvalue weighted by Crippen LogP contribution is 2.36. The standard InChI is InChI=1S/C19H28ClN3O2.ClH/c20-17-4-1-3-16(15-17)19(5-13-25-14-6-19)18(24)22-7-2-10-23-11-8-21-9-12-23;/h1,3-4,15,21H,2,5-14H2,(H,22,24);1H. The van der Waals surface area contributed by atoms with Crippen molar-refractivity contribution in [3.8, 4) is 0 Å². The summed E-state index contributed by atoms with van der Waals surface area (Å²) in [6.45, 7) is 7.28. The van der Waals surface area contributed by atoms with Crippen LogP contribution in [0.3, 0.4) is 0 Å². The van der Waals surface area contributed by atoms with Crippen molar-refractivity contribution in [2.45, 2.75) is 24.7 Å². The molecule has 146 valence electrons. The van der Waals surface area contributed by atoms with E-state index in [0.717, 1.165) is 44.7 Å². The normalized spacial score (nSPS) is 20.2. The minimum Gasteiger partial charge on any atom is -0.381 e. The first-order valence-corrected chi connectivity index (χ1v) is 9.64. The number of hydrogen-bond acceptors (Lipinski definition) is 4. The summed E-state index contributed by atoms with van der Waals surface area (Å²) in [5.41, 5.74) is 0.487. The summed E-state index contributed by atoms with van der Waals surface area (Å²) < 4.78 is 5.51. The van der Waals surface area contributed by atoms with Gasteiger partial charge in [-0.1, -0.05) is 23.7 Å². The molecule has 0 atom stereocenters. The second-order valence-corrected chi connectivity index (χ2v) is 7.34. The number of hydrogen-bond donors (Lipinski definition) is 2. The van der Waals surface area contributed by atoms with Crippen molar-refractivity contribution in [2.24, 2.45) is 0 Å². The molecule has 2 fully saturated rings. The van der Waals surface area contributed by atoms with Crippen LogP contribution in [0.4, 0.5) is 0 Å². The first-order valence-electron chi connectivity index (χ1n) is 9.26. The largest absolute Gasteiger partial charge is 0.381 e. The Labute approximate surface area is 167 Å². The zero-order chi connectivity index (χ0) is 17.5. The molecular formula is C19H29Cl2N3O2. The van der Waals surface area contributed by atoms with Crippen molar-refractivity contribution < 1.29 is 9.53 Å². The van der Waals surface area contributed by atoms with E-state index in [1.54, 1.807) is 0 Å². The van der Waals surface area contributed by atoms with E-state index in [1.807, 2.05) is 24.3 Å². The highest BCUT2D eigenvalue weighted by atomic mass is 35.5. The molecule has 1 aromatic rings. The van der Waals surface area contributed by atoms with Gasteiger partial charge in [0.15, 0.2) is 0 Å². The fourth-order valence-electron chi connectivity index (χ4n) is 3.76. The molecule has 0 bridgehead atoms. The molecule has 1 aromatic carbocycles. The lowest BCUT2D eigenvalue weighted by molar-refractivity contribution is -0.130. The van der Waals surface area contributed by atoms with E-state index in [1.165, 1.54) is 0 Å². The van der Waals surface area contributed by atoms with Crippen LogP contribution in [0, 0.1) is 0 Å². The van der Waals surface area contributed by atoms with E-state index < -0.39 is 5.41 Å². The van der Waals surface area contributed by atoms with Crippen molar-refractivity contribution in [2.75, 3.05) is 52.5 Å². The van der Waals surface area contributed by atoms with Crippen LogP contribution >= 0.6 is 24.0 Å². The van der Waals surface area contributed by atoms with Gasteiger partial charge in [0, 0.05) is 51.0 Å². The summed E-state index contributed by atoms with van der Waals surface area (Å²) in [7, 11) is 0. The molecule has 0 spiro atoms. The van der Waals surface area contributed by atoms with Crippen LogP contribution < -0.4 is 10.6 Å². The maximum Gasteiger partial charge on any atom is 0.230 e. The van der Waals surface area contributed by atoms with Gasteiger partial charge in [-0.3, -0.25) is 4.79 Å². The lowest BCUT2D eigenvalue weighted by atomic mass is 9.73. The molecule has 2 aliphatic heterocycles. The van der Waals surface area contributed by atoms with Gasteiger partial charge in [-0.15, -0.1) is 12.4 Å². The third-order valence-electron chi connectivity index (χ3n) is 5.30. The van der Waals surface area contributed by atoms with Gasteiger partial charge in [0.2, 0.25) is 5.91 Å². The van der Waals surface area contributed by atoms with E-state index in [2.05, 4.69) is 15.5 Å². The average Bonchev–Trinajstić information content (AvgIpc) is 2.66. The molecular weight excluding hydrogens is 373 g/mol. The highest BCUT2D eigenvalue weighted by Gasteiger charge is 2.41. The number of nitrogens with zero attached hydrogens (tertiary/aromatic N) is 1. The minimum absolute atomic E-state index is 0. The Balaban J connectivity index is 0.00000243. The summed E-state index contributed by atoms with van der Waals surface area (Å²) in [5.74, 6) is 0.110. The molecule has 1 amide bonds. The van der Waals surface area contributed by atoms with Gasteiger partial charge in [0.1, 0.15) is 0 Å². The summed E-state index contributed by atoms with van der Waals surface area (Å²) in [6, 6.07) is 7.71. The van der Waals surface area contributed by atoms with Gasteiger partial charge < -0.3 is 20.3 Å². The molecule has 0 radical (unpaired) electrons. The van der Waals surface area contributed by atoms with E-state index >= 15 is 0 Å². The van der Waals surface area contributed by atoms with E-state index in [0.29, 0.717) is 37.6 Å². The number of nitrogens with one attached hydrogen (secondary N) is 2. The lowest BCUT2D eigenvalue weighted by Crippen LogP contribution is -2.49. The second kappa shape index (κ2) is 10.5. The number of amides is 1. The first-order chi connectivity index (χ1) is 12.2. The van der Waals surface area contributed by atoms with Crippen LogP contribution in [0.1, 0.15) is 24.8 Å². The Morgan fingerprint density at radius 3 is 2.69 bits per heavy atom. The molecule has 0 aliphatic carbocycles. The van der Waals surface area contributed by atoms with Gasteiger partial charge in [-0.25, -0.2) is 0 Å². The molecule has 0 aromatic heterocycles. The zero-order valence-electron chi connectivity index (χ0n) is 15.1. The zero-order valence-corrected chi connectivity index (χ0v) is 16.7. The van der Waals surface area contributed by atoms with E-state index in [9.17, 15) is 4.79 Å². The number of benzene rings is 1. The fourth-order valence-corrected chi connectivity index (χ4v) is 3.95. The molecule has 0 saturated carbocycles. The van der Waals surface area contributed by atoms with Crippen LogP contribution in [0.25, 0.3) is 0 Å². The number of piperazine rings is 1. The number of halogens is 2. The third kappa shape index (κ3) is 5.33. The minimum atomic E-state index is -0.516. The Kier molecular flexibility index (Phi) is 8.64. The lowest BCUT2D eigenvalue weighted by Gasteiger charge is -2.36. The Hall–Kier alpha value is -0.850. The number of rotatable bonds is 6. The quantitative estimate of drug-likeness (QED) is 0.717. The smallest absolute Gasteiger partial charge is 0.230 e. The summed E-state index contributed by atoms with van der Waals surface area (Å²) in [6.07, 6.45) is 2.39. The number of carbonyl (C=O) groups excluding carboxylic acids is 1. The van der Waals surface area contributed by atoms with E-state index in [4.69, 9.17) is 16.3 Å². The average molecular weight is 402 g/mol. The second-order valence-electron chi connectivity index (χ2n) is 6.91. The van der Waals surface area contributed by atoms with Crippen LogP contribution in [0.15, 0.2) is 24.3 Å². The van der Waals surface area contributed by atoms with Crippen LogP contribution in [0.5, 0.6) is 0 Å². The van der Waals surface area contributed by atoms with Crippen molar-refractivity contribution in [1.82, 2.24) is 15.5 Å². The monoisotopic (exact) mass is 401 g/mol. The molecule has 7 heteroatoms. The molecule has 26 heavy (non-hydrogen) atoms. The van der Waals surface area contributed by atoms with Crippen LogP contribution in [0.2, 0.25) is 5.02 Å². The number of carbonyl (C=O) groups is 1.